The summed E-state index contributed by atoms with van der Waals surface area (Å²) in [5, 5.41) is 16.2. The van der Waals surface area contributed by atoms with Gasteiger partial charge in [0, 0.05) is 16.8 Å². The van der Waals surface area contributed by atoms with Crippen LogP contribution in [0.2, 0.25) is 0 Å². The van der Waals surface area contributed by atoms with Crippen LogP contribution in [-0.4, -0.2) is 32.3 Å². The van der Waals surface area contributed by atoms with Crippen LogP contribution in [0.25, 0.3) is 5.76 Å². The predicted octanol–water partition coefficient (Wildman–Crippen LogP) is 3.11. The average Bonchev–Trinajstić information content (AvgIpc) is 3.08. The van der Waals surface area contributed by atoms with Crippen molar-refractivity contribution in [2.24, 2.45) is 5.14 Å². The number of carbonyl (C=O) groups excluding carboxylic acids is 2. The van der Waals surface area contributed by atoms with Gasteiger partial charge in [-0.2, -0.15) is 0 Å². The fourth-order valence-corrected chi connectivity index (χ4v) is 4.31. The summed E-state index contributed by atoms with van der Waals surface area (Å²) in [4.78, 5) is 27.0. The number of aliphatic hydroxyl groups is 1. The lowest BCUT2D eigenvalue weighted by molar-refractivity contribution is -0.132. The van der Waals surface area contributed by atoms with Crippen LogP contribution in [0.4, 0.5) is 10.1 Å². The molecular formula is C24H19FN2O6S. The molecule has 0 bridgehead atoms. The van der Waals surface area contributed by atoms with Crippen molar-refractivity contribution in [1.29, 1.82) is 0 Å². The Hall–Kier alpha value is -4.02. The molecule has 0 saturated carbocycles. The SMILES string of the molecule is COc1ccc(C(O)=C2C(=O)C(=O)N(c3ccc(S(N)(=O)=O)cc3)C2c2ccccc2F)cc1. The van der Waals surface area contributed by atoms with Crippen molar-refractivity contribution in [3.05, 3.63) is 95.3 Å². The molecule has 3 aromatic carbocycles. The molecule has 0 aliphatic carbocycles. The van der Waals surface area contributed by atoms with E-state index >= 15 is 0 Å². The first-order chi connectivity index (χ1) is 16.1. The number of amides is 1. The minimum atomic E-state index is -4.00. The number of ketones is 1. The minimum absolute atomic E-state index is 0.0210. The maximum absolute atomic E-state index is 14.9. The van der Waals surface area contributed by atoms with E-state index in [2.05, 4.69) is 0 Å². The van der Waals surface area contributed by atoms with E-state index in [4.69, 9.17) is 9.88 Å². The number of anilines is 1. The number of aliphatic hydroxyl groups excluding tert-OH is 1. The number of benzene rings is 3. The Morgan fingerprint density at radius 2 is 1.62 bits per heavy atom. The quantitative estimate of drug-likeness (QED) is 0.327. The summed E-state index contributed by atoms with van der Waals surface area (Å²) < 4.78 is 43.2. The van der Waals surface area contributed by atoms with E-state index in [9.17, 15) is 27.5 Å². The molecule has 1 aliphatic heterocycles. The van der Waals surface area contributed by atoms with Crippen LogP contribution in [-0.2, 0) is 19.6 Å². The van der Waals surface area contributed by atoms with Gasteiger partial charge in [0.25, 0.3) is 11.7 Å². The average molecular weight is 482 g/mol. The van der Waals surface area contributed by atoms with Crippen LogP contribution < -0.4 is 14.8 Å². The zero-order valence-electron chi connectivity index (χ0n) is 17.8. The van der Waals surface area contributed by atoms with Crippen LogP contribution in [0.15, 0.2) is 83.3 Å². The highest BCUT2D eigenvalue weighted by molar-refractivity contribution is 7.89. The Morgan fingerprint density at radius 3 is 2.18 bits per heavy atom. The summed E-state index contributed by atoms with van der Waals surface area (Å²) in [5.41, 5.74) is 0.0179. The number of nitrogens with zero attached hydrogens (tertiary/aromatic N) is 1. The predicted molar refractivity (Wildman–Crippen MR) is 122 cm³/mol. The Labute approximate surface area is 194 Å². The number of halogens is 1. The third-order valence-corrected chi connectivity index (χ3v) is 6.38. The number of ether oxygens (including phenoxy) is 1. The van der Waals surface area contributed by atoms with Crippen molar-refractivity contribution in [2.75, 3.05) is 12.0 Å². The maximum Gasteiger partial charge on any atom is 0.300 e. The fourth-order valence-electron chi connectivity index (χ4n) is 3.79. The van der Waals surface area contributed by atoms with Gasteiger partial charge in [0.15, 0.2) is 0 Å². The third kappa shape index (κ3) is 4.04. The highest BCUT2D eigenvalue weighted by atomic mass is 32.2. The number of nitrogens with two attached hydrogens (primary N) is 1. The zero-order valence-corrected chi connectivity index (χ0v) is 18.6. The topological polar surface area (TPSA) is 127 Å². The van der Waals surface area contributed by atoms with Crippen LogP contribution in [0, 0.1) is 5.82 Å². The molecule has 1 fully saturated rings. The summed E-state index contributed by atoms with van der Waals surface area (Å²) >= 11 is 0. The molecule has 1 heterocycles. The van der Waals surface area contributed by atoms with Crippen LogP contribution in [0.3, 0.4) is 0 Å². The van der Waals surface area contributed by atoms with E-state index < -0.39 is 39.3 Å². The van der Waals surface area contributed by atoms with Gasteiger partial charge in [0.1, 0.15) is 17.3 Å². The van der Waals surface area contributed by atoms with E-state index in [0.717, 1.165) is 4.90 Å². The van der Waals surface area contributed by atoms with Crippen molar-refractivity contribution in [1.82, 2.24) is 0 Å². The first-order valence-corrected chi connectivity index (χ1v) is 11.5. The molecule has 1 unspecified atom stereocenters. The van der Waals surface area contributed by atoms with Crippen LogP contribution in [0.1, 0.15) is 17.2 Å². The molecule has 3 aromatic rings. The van der Waals surface area contributed by atoms with Crippen molar-refractivity contribution in [2.45, 2.75) is 10.9 Å². The molecule has 3 N–H and O–H groups in total. The minimum Gasteiger partial charge on any atom is -0.507 e. The lowest BCUT2D eigenvalue weighted by atomic mass is 9.94. The molecule has 1 atom stereocenters. The Morgan fingerprint density at radius 1 is 1.00 bits per heavy atom. The largest absolute Gasteiger partial charge is 0.507 e. The number of hydrogen-bond acceptors (Lipinski definition) is 6. The smallest absolute Gasteiger partial charge is 0.300 e. The van der Waals surface area contributed by atoms with E-state index in [0.29, 0.717) is 5.75 Å². The van der Waals surface area contributed by atoms with E-state index in [1.54, 1.807) is 12.1 Å². The fraction of sp³-hybridized carbons (Fsp3) is 0.0833. The standard InChI is InChI=1S/C24H19FN2O6S/c1-33-16-10-6-14(7-11-16)22(28)20-21(18-4-2-3-5-19(18)25)27(24(30)23(20)29)15-8-12-17(13-9-15)34(26,31)32/h2-13,21,28H,1H3,(H2,26,31,32). The summed E-state index contributed by atoms with van der Waals surface area (Å²) in [6, 6.07) is 15.3. The number of carbonyl (C=O) groups is 2. The molecule has 1 aliphatic rings. The van der Waals surface area contributed by atoms with Gasteiger partial charge in [-0.15, -0.1) is 0 Å². The lowest BCUT2D eigenvalue weighted by Gasteiger charge is -2.25. The summed E-state index contributed by atoms with van der Waals surface area (Å²) in [5.74, 6) is -2.69. The Kier molecular flexibility index (Phi) is 5.94. The molecule has 0 radical (unpaired) electrons. The summed E-state index contributed by atoms with van der Waals surface area (Å²) in [6.07, 6.45) is 0. The van der Waals surface area contributed by atoms with Crippen molar-refractivity contribution in [3.8, 4) is 5.75 Å². The van der Waals surface area contributed by atoms with Gasteiger partial charge in [-0.25, -0.2) is 17.9 Å². The zero-order chi connectivity index (χ0) is 24.6. The van der Waals surface area contributed by atoms with E-state index in [-0.39, 0.29) is 27.3 Å². The van der Waals surface area contributed by atoms with Crippen molar-refractivity contribution >= 4 is 33.2 Å². The van der Waals surface area contributed by atoms with Crippen LogP contribution >= 0.6 is 0 Å². The normalized spacial score (nSPS) is 17.7. The second kappa shape index (κ2) is 8.73. The number of primary sulfonamides is 1. The van der Waals surface area contributed by atoms with Crippen molar-refractivity contribution in [3.63, 3.8) is 0 Å². The number of sulfonamides is 1. The molecular weight excluding hydrogens is 463 g/mol. The lowest BCUT2D eigenvalue weighted by Crippen LogP contribution is -2.30. The first kappa shape index (κ1) is 23.1. The highest BCUT2D eigenvalue weighted by Crippen LogP contribution is 2.43. The van der Waals surface area contributed by atoms with Gasteiger partial charge in [0.2, 0.25) is 10.0 Å². The molecule has 4 rings (SSSR count). The number of hydrogen-bond donors (Lipinski definition) is 2. The molecule has 10 heteroatoms. The Bertz CT molecular complexity index is 1420. The molecule has 174 valence electrons. The van der Waals surface area contributed by atoms with Crippen molar-refractivity contribution < 1.29 is 32.2 Å². The van der Waals surface area contributed by atoms with Gasteiger partial charge in [-0.1, -0.05) is 18.2 Å². The van der Waals surface area contributed by atoms with Gasteiger partial charge in [-0.3, -0.25) is 14.5 Å². The van der Waals surface area contributed by atoms with Gasteiger partial charge in [0.05, 0.1) is 23.6 Å². The highest BCUT2D eigenvalue weighted by Gasteiger charge is 2.47. The number of rotatable bonds is 5. The van der Waals surface area contributed by atoms with Crippen LogP contribution in [0.5, 0.6) is 5.75 Å². The molecule has 1 amide bonds. The second-order valence-corrected chi connectivity index (χ2v) is 9.02. The maximum atomic E-state index is 14.9. The molecule has 0 aromatic heterocycles. The molecule has 34 heavy (non-hydrogen) atoms. The first-order valence-electron chi connectivity index (χ1n) is 9.96. The van der Waals surface area contributed by atoms with Gasteiger partial charge < -0.3 is 9.84 Å². The number of Topliss-reactive ketones (excluding diaryl/α,β-unsaturated/α-hetero) is 1. The number of methoxy groups -OCH3 is 1. The third-order valence-electron chi connectivity index (χ3n) is 5.45. The summed E-state index contributed by atoms with van der Waals surface area (Å²) in [7, 11) is -2.52. The monoisotopic (exact) mass is 482 g/mol. The molecule has 1 saturated heterocycles. The molecule has 8 nitrogen and oxygen atoms in total. The summed E-state index contributed by atoms with van der Waals surface area (Å²) in [6.45, 7) is 0. The Balaban J connectivity index is 1.92. The second-order valence-electron chi connectivity index (χ2n) is 7.46. The van der Waals surface area contributed by atoms with Gasteiger partial charge in [-0.05, 0) is 54.6 Å². The van der Waals surface area contributed by atoms with E-state index in [1.807, 2.05) is 0 Å². The van der Waals surface area contributed by atoms with E-state index in [1.165, 1.54) is 67.8 Å². The van der Waals surface area contributed by atoms with Gasteiger partial charge >= 0.3 is 0 Å². The molecule has 0 spiro atoms.